The minimum Gasteiger partial charge on any atom is -0.304 e. The van der Waals surface area contributed by atoms with Crippen molar-refractivity contribution in [2.75, 3.05) is 0 Å². The second kappa shape index (κ2) is 10.1. The number of rotatable bonds is 2. The molecule has 26 heavy (non-hydrogen) atoms. The van der Waals surface area contributed by atoms with E-state index in [0.29, 0.717) is 5.56 Å². The van der Waals surface area contributed by atoms with E-state index in [4.69, 9.17) is 6.58 Å². The molecule has 0 spiro atoms. The Labute approximate surface area is 169 Å². The molecule has 0 atom stereocenters. The summed E-state index contributed by atoms with van der Waals surface area (Å²) < 4.78 is 13.3. The van der Waals surface area contributed by atoms with Gasteiger partial charge < -0.3 is 4.98 Å². The average molecular weight is 523 g/mol. The number of benzene rings is 2. The van der Waals surface area contributed by atoms with Crippen LogP contribution < -0.4 is 0 Å². The summed E-state index contributed by atoms with van der Waals surface area (Å²) in [6, 6.07) is 16.1. The zero-order chi connectivity index (χ0) is 18.4. The minimum absolute atomic E-state index is 0. The fraction of sp³-hybridized carbons (Fsp3) is 0.130. The van der Waals surface area contributed by atoms with Crippen LogP contribution in [0.5, 0.6) is 0 Å². The van der Waals surface area contributed by atoms with Crippen LogP contribution in [0.15, 0.2) is 65.9 Å². The third kappa shape index (κ3) is 5.94. The molecule has 0 N–H and O–H groups in total. The summed E-state index contributed by atoms with van der Waals surface area (Å²) in [6.07, 6.45) is 3.60. The first-order valence-electron chi connectivity index (χ1n) is 7.99. The predicted octanol–water partition coefficient (Wildman–Crippen LogP) is 6.29. The molecule has 0 aliphatic heterocycles. The second-order valence-electron chi connectivity index (χ2n) is 5.99. The van der Waals surface area contributed by atoms with E-state index in [1.54, 1.807) is 19.2 Å². The number of aromatic nitrogens is 1. The van der Waals surface area contributed by atoms with Gasteiger partial charge in [0.15, 0.2) is 0 Å². The topological polar surface area (TPSA) is 12.9 Å². The fourth-order valence-electron chi connectivity index (χ4n) is 2.44. The molecular formula is C23H21FIrN. The molecule has 0 unspecified atom stereocenters. The number of fused-ring (bicyclic) bond motifs is 1. The molecule has 0 radical (unpaired) electrons. The normalized spacial score (nSPS) is 10.5. The van der Waals surface area contributed by atoms with Crippen molar-refractivity contribution >= 4 is 10.8 Å². The van der Waals surface area contributed by atoms with Gasteiger partial charge in [-0.1, -0.05) is 50.6 Å². The van der Waals surface area contributed by atoms with Crippen molar-refractivity contribution in [1.82, 2.24) is 4.98 Å². The van der Waals surface area contributed by atoms with Crippen molar-refractivity contribution < 1.29 is 24.5 Å². The molecule has 1 heterocycles. The fourth-order valence-corrected chi connectivity index (χ4v) is 2.44. The van der Waals surface area contributed by atoms with Crippen LogP contribution in [0, 0.1) is 32.3 Å². The van der Waals surface area contributed by atoms with Crippen LogP contribution in [0.1, 0.15) is 19.4 Å². The van der Waals surface area contributed by atoms with Gasteiger partial charge in [-0.3, -0.25) is 11.0 Å². The average Bonchev–Trinajstić information content (AvgIpc) is 2.56. The zero-order valence-corrected chi connectivity index (χ0v) is 17.5. The van der Waals surface area contributed by atoms with E-state index in [1.165, 1.54) is 6.07 Å². The number of allylic oxidation sites excluding steroid dienone is 3. The van der Waals surface area contributed by atoms with E-state index in [0.717, 1.165) is 33.2 Å². The smallest absolute Gasteiger partial charge is 0.304 e. The monoisotopic (exact) mass is 523 g/mol. The number of aryl methyl sites for hydroxylation is 1. The molecule has 3 heteroatoms. The van der Waals surface area contributed by atoms with Gasteiger partial charge in [0.1, 0.15) is 0 Å². The molecule has 1 nitrogen and oxygen atoms in total. The SMILES string of the molecule is Cc1cc(-c2nccc3ccccc23)[c-]cc1F.[CH-]=C(C)/C=C(\[CH2-])C.[Ir+3]. The Kier molecular flexibility index (Phi) is 8.44. The van der Waals surface area contributed by atoms with Crippen molar-refractivity contribution in [3.8, 4) is 11.3 Å². The Hall–Kier alpha value is -2.22. The molecule has 3 aromatic rings. The van der Waals surface area contributed by atoms with Gasteiger partial charge in [0.05, 0.1) is 0 Å². The Bertz CT molecular complexity index is 919. The first kappa shape index (κ1) is 21.8. The maximum atomic E-state index is 13.3. The molecule has 0 saturated heterocycles. The number of hydrogen-bond donors (Lipinski definition) is 0. The molecule has 0 fully saturated rings. The number of nitrogens with zero attached hydrogens (tertiary/aromatic N) is 1. The summed E-state index contributed by atoms with van der Waals surface area (Å²) in [7, 11) is 0. The summed E-state index contributed by atoms with van der Waals surface area (Å²) in [6.45, 7) is 14.4. The molecule has 0 saturated carbocycles. The Morgan fingerprint density at radius 3 is 2.50 bits per heavy atom. The van der Waals surface area contributed by atoms with Crippen molar-refractivity contribution in [2.45, 2.75) is 20.8 Å². The Morgan fingerprint density at radius 1 is 1.23 bits per heavy atom. The standard InChI is InChI=1S/C16H11FN.C7H10.Ir/c1-11-10-13(6-7-15(11)17)16-14-5-3-2-4-12(14)8-9-18-16;1-6(2)5-7(3)4;/h2-5,7-10H,1H3;1,5H,3H2,2,4H3;/q-1;-2;+3/b;7-5+;. The first-order chi connectivity index (χ1) is 11.9. The van der Waals surface area contributed by atoms with E-state index in [-0.39, 0.29) is 25.9 Å². The molecule has 3 rings (SSSR count). The molecule has 134 valence electrons. The van der Waals surface area contributed by atoms with E-state index in [1.807, 2.05) is 50.3 Å². The largest absolute Gasteiger partial charge is 3.00 e. The van der Waals surface area contributed by atoms with Gasteiger partial charge >= 0.3 is 20.1 Å². The van der Waals surface area contributed by atoms with E-state index in [9.17, 15) is 4.39 Å². The summed E-state index contributed by atoms with van der Waals surface area (Å²) in [4.78, 5) is 4.39. The molecule has 0 amide bonds. The van der Waals surface area contributed by atoms with Gasteiger partial charge in [0.2, 0.25) is 0 Å². The summed E-state index contributed by atoms with van der Waals surface area (Å²) in [5.74, 6) is -0.237. The molecular weight excluding hydrogens is 501 g/mol. The van der Waals surface area contributed by atoms with Gasteiger partial charge in [-0.2, -0.15) is 0 Å². The quantitative estimate of drug-likeness (QED) is 0.285. The summed E-state index contributed by atoms with van der Waals surface area (Å²) in [5, 5.41) is 2.18. The Balaban J connectivity index is 0.000000366. The van der Waals surface area contributed by atoms with E-state index >= 15 is 0 Å². The molecule has 0 aliphatic rings. The first-order valence-corrected chi connectivity index (χ1v) is 7.99. The van der Waals surface area contributed by atoms with Crippen LogP contribution in [0.3, 0.4) is 0 Å². The van der Waals surface area contributed by atoms with Gasteiger partial charge in [0, 0.05) is 12.0 Å². The summed E-state index contributed by atoms with van der Waals surface area (Å²) >= 11 is 0. The molecule has 0 aliphatic carbocycles. The van der Waals surface area contributed by atoms with Crippen molar-refractivity contribution in [3.63, 3.8) is 0 Å². The van der Waals surface area contributed by atoms with Crippen LogP contribution >= 0.6 is 0 Å². The molecule has 1 aromatic heterocycles. The van der Waals surface area contributed by atoms with Crippen LogP contribution in [0.2, 0.25) is 0 Å². The maximum absolute atomic E-state index is 13.3. The molecule has 0 bridgehead atoms. The minimum atomic E-state index is -0.237. The van der Waals surface area contributed by atoms with Gasteiger partial charge in [0.25, 0.3) is 0 Å². The zero-order valence-electron chi connectivity index (χ0n) is 15.1. The van der Waals surface area contributed by atoms with Crippen LogP contribution in [0.4, 0.5) is 4.39 Å². The molecule has 2 aromatic carbocycles. The van der Waals surface area contributed by atoms with E-state index in [2.05, 4.69) is 18.0 Å². The maximum Gasteiger partial charge on any atom is 3.00 e. The van der Waals surface area contributed by atoms with Crippen molar-refractivity contribution in [3.05, 3.63) is 96.8 Å². The third-order valence-electron chi connectivity index (χ3n) is 3.49. The third-order valence-corrected chi connectivity index (χ3v) is 3.49. The van der Waals surface area contributed by atoms with Gasteiger partial charge in [-0.25, -0.2) is 24.1 Å². The van der Waals surface area contributed by atoms with Crippen molar-refractivity contribution in [1.29, 1.82) is 0 Å². The van der Waals surface area contributed by atoms with Crippen LogP contribution in [-0.4, -0.2) is 4.98 Å². The number of hydrogen-bond acceptors (Lipinski definition) is 1. The van der Waals surface area contributed by atoms with Gasteiger partial charge in [-0.05, 0) is 22.5 Å². The predicted molar refractivity (Wildman–Crippen MR) is 103 cm³/mol. The Morgan fingerprint density at radius 2 is 1.92 bits per heavy atom. The second-order valence-corrected chi connectivity index (χ2v) is 5.99. The summed E-state index contributed by atoms with van der Waals surface area (Å²) in [5.41, 5.74) is 4.09. The van der Waals surface area contributed by atoms with E-state index < -0.39 is 0 Å². The number of halogens is 1. The van der Waals surface area contributed by atoms with Crippen molar-refractivity contribution in [2.24, 2.45) is 0 Å². The van der Waals surface area contributed by atoms with Crippen LogP contribution in [-0.2, 0) is 20.1 Å². The van der Waals surface area contributed by atoms with Crippen LogP contribution in [0.25, 0.3) is 22.0 Å². The van der Waals surface area contributed by atoms with Gasteiger partial charge in [-0.15, -0.1) is 23.8 Å². The number of pyridine rings is 1.